The summed E-state index contributed by atoms with van der Waals surface area (Å²) in [6, 6.07) is 25.6. The summed E-state index contributed by atoms with van der Waals surface area (Å²) in [5.74, 6) is 0.594. The van der Waals surface area contributed by atoms with Crippen molar-refractivity contribution in [1.82, 2.24) is 41.0 Å². The van der Waals surface area contributed by atoms with Crippen LogP contribution in [0.3, 0.4) is 0 Å². The van der Waals surface area contributed by atoms with Crippen LogP contribution in [0.5, 0.6) is 0 Å². The standard InChI is InChI=1S/C40H46N8O3S/c1-4-17-47(38(50)23-41-3)24-36-43-22-33(46-36)30-15-16-31-20-34(52-35(31)19-30)28-13-11-27(12-14-28)32-21-42-37(45-32)25-48(18-5-2)40(51)39(44-26-49)29-9-7-6-8-10-29/h6-16,19-22,26,36,39,41,43,46H,4-5,17-18,23-25H2,1-3H3,(H,42,45)(H,44,49). The minimum Gasteiger partial charge on any atom is -0.368 e. The summed E-state index contributed by atoms with van der Waals surface area (Å²) in [6.07, 6.45) is 6.00. The van der Waals surface area contributed by atoms with E-state index in [2.05, 4.69) is 86.7 Å². The number of likely N-dealkylation sites (N-methyl/N-ethyl adjacent to an activating group) is 1. The number of aromatic nitrogens is 2. The Morgan fingerprint density at radius 2 is 1.67 bits per heavy atom. The van der Waals surface area contributed by atoms with Crippen molar-refractivity contribution in [2.24, 2.45) is 0 Å². The molecule has 0 saturated heterocycles. The van der Waals surface area contributed by atoms with E-state index < -0.39 is 6.04 Å². The molecule has 11 nitrogen and oxygen atoms in total. The van der Waals surface area contributed by atoms with Gasteiger partial charge in [-0.1, -0.05) is 80.6 Å². The average Bonchev–Trinajstić information content (AvgIpc) is 3.94. The number of aromatic amines is 1. The molecule has 5 N–H and O–H groups in total. The molecular formula is C40H46N8O3S. The number of imidazole rings is 1. The fourth-order valence-corrected chi connectivity index (χ4v) is 7.57. The number of thiophene rings is 1. The van der Waals surface area contributed by atoms with Gasteiger partial charge >= 0.3 is 0 Å². The van der Waals surface area contributed by atoms with E-state index in [4.69, 9.17) is 0 Å². The number of carbonyl (C=O) groups excluding carboxylic acids is 3. The van der Waals surface area contributed by atoms with Crippen LogP contribution in [0.15, 0.2) is 91.3 Å². The zero-order valence-electron chi connectivity index (χ0n) is 29.8. The molecule has 0 bridgehead atoms. The lowest BCUT2D eigenvalue weighted by Crippen LogP contribution is -2.48. The molecular weight excluding hydrogens is 673 g/mol. The smallest absolute Gasteiger partial charge is 0.250 e. The number of carbonyl (C=O) groups is 3. The summed E-state index contributed by atoms with van der Waals surface area (Å²) < 4.78 is 1.20. The highest BCUT2D eigenvalue weighted by molar-refractivity contribution is 7.22. The zero-order valence-corrected chi connectivity index (χ0v) is 30.6. The highest BCUT2D eigenvalue weighted by atomic mass is 32.1. The summed E-state index contributed by atoms with van der Waals surface area (Å²) in [5.41, 5.74) is 5.83. The normalized spacial score (nSPS) is 14.3. The van der Waals surface area contributed by atoms with Crippen LogP contribution in [0.2, 0.25) is 0 Å². The van der Waals surface area contributed by atoms with Gasteiger partial charge in [0.05, 0.1) is 37.2 Å². The van der Waals surface area contributed by atoms with Crippen molar-refractivity contribution >= 4 is 45.3 Å². The van der Waals surface area contributed by atoms with Gasteiger partial charge in [0, 0.05) is 34.4 Å². The number of fused-ring (bicyclic) bond motifs is 1. The van der Waals surface area contributed by atoms with Gasteiger partial charge in [0.2, 0.25) is 18.2 Å². The van der Waals surface area contributed by atoms with E-state index in [9.17, 15) is 14.4 Å². The first-order valence-electron chi connectivity index (χ1n) is 17.8. The second-order valence-electron chi connectivity index (χ2n) is 12.9. The third-order valence-corrected chi connectivity index (χ3v) is 10.2. The summed E-state index contributed by atoms with van der Waals surface area (Å²) in [6.45, 7) is 6.58. The van der Waals surface area contributed by atoms with Crippen molar-refractivity contribution in [3.63, 3.8) is 0 Å². The molecule has 2 atom stereocenters. The van der Waals surface area contributed by atoms with Gasteiger partial charge in [-0.05, 0) is 54.1 Å². The second-order valence-corrected chi connectivity index (χ2v) is 13.9. The zero-order chi connectivity index (χ0) is 36.5. The summed E-state index contributed by atoms with van der Waals surface area (Å²) in [4.78, 5) is 50.3. The van der Waals surface area contributed by atoms with Gasteiger partial charge in [-0.15, -0.1) is 11.3 Å². The van der Waals surface area contributed by atoms with Gasteiger partial charge in [0.15, 0.2) is 0 Å². The topological polar surface area (TPSA) is 134 Å². The Bertz CT molecular complexity index is 2010. The van der Waals surface area contributed by atoms with E-state index in [0.717, 1.165) is 53.0 Å². The molecule has 1 aliphatic heterocycles. The maximum absolute atomic E-state index is 13.6. The highest BCUT2D eigenvalue weighted by Crippen LogP contribution is 2.36. The Balaban J connectivity index is 1.11. The van der Waals surface area contributed by atoms with E-state index >= 15 is 0 Å². The van der Waals surface area contributed by atoms with Gasteiger partial charge < -0.3 is 36.1 Å². The molecule has 0 spiro atoms. The minimum absolute atomic E-state index is 0.0445. The Hall–Kier alpha value is -5.46. The van der Waals surface area contributed by atoms with Crippen LogP contribution in [0.4, 0.5) is 0 Å². The first kappa shape index (κ1) is 36.3. The van der Waals surface area contributed by atoms with E-state index in [-0.39, 0.29) is 18.0 Å². The van der Waals surface area contributed by atoms with Gasteiger partial charge in [0.1, 0.15) is 18.0 Å². The van der Waals surface area contributed by atoms with E-state index in [1.54, 1.807) is 29.5 Å². The van der Waals surface area contributed by atoms with Crippen molar-refractivity contribution in [1.29, 1.82) is 0 Å². The molecule has 0 aliphatic carbocycles. The molecule has 0 radical (unpaired) electrons. The van der Waals surface area contributed by atoms with Crippen LogP contribution in [0.25, 0.3) is 37.5 Å². The molecule has 2 aromatic heterocycles. The van der Waals surface area contributed by atoms with Crippen LogP contribution in [-0.2, 0) is 20.9 Å². The van der Waals surface area contributed by atoms with Crippen LogP contribution in [0, 0.1) is 0 Å². The van der Waals surface area contributed by atoms with E-state index in [0.29, 0.717) is 38.4 Å². The number of benzene rings is 3. The Labute approximate surface area is 308 Å². The van der Waals surface area contributed by atoms with E-state index in [1.165, 1.54) is 15.0 Å². The lowest BCUT2D eigenvalue weighted by atomic mass is 10.1. The van der Waals surface area contributed by atoms with Crippen molar-refractivity contribution in [3.8, 4) is 21.7 Å². The summed E-state index contributed by atoms with van der Waals surface area (Å²) in [7, 11) is 1.79. The predicted octanol–water partition coefficient (Wildman–Crippen LogP) is 5.46. The summed E-state index contributed by atoms with van der Waals surface area (Å²) >= 11 is 1.75. The molecule has 12 heteroatoms. The van der Waals surface area contributed by atoms with Gasteiger partial charge in [-0.2, -0.15) is 0 Å². The highest BCUT2D eigenvalue weighted by Gasteiger charge is 2.26. The first-order valence-corrected chi connectivity index (χ1v) is 18.6. The van der Waals surface area contributed by atoms with Crippen LogP contribution < -0.4 is 21.3 Å². The predicted molar refractivity (Wildman–Crippen MR) is 208 cm³/mol. The SMILES string of the molecule is CCCN(CC1NC=C(c2ccc3cc(-c4ccc(-c5cnc(CN(CCC)C(=O)C(NC=O)c6ccccc6)[nH]5)cc4)sc3c2)N1)C(=O)CNC. The monoisotopic (exact) mass is 718 g/mol. The quantitative estimate of drug-likeness (QED) is 0.0807. The average molecular weight is 719 g/mol. The molecule has 0 saturated carbocycles. The van der Waals surface area contributed by atoms with Crippen LogP contribution in [-0.4, -0.2) is 77.4 Å². The van der Waals surface area contributed by atoms with Crippen molar-refractivity contribution in [2.45, 2.75) is 45.4 Å². The molecule has 6 rings (SSSR count). The fourth-order valence-electron chi connectivity index (χ4n) is 6.46. The maximum atomic E-state index is 13.6. The lowest BCUT2D eigenvalue weighted by molar-refractivity contribution is -0.135. The van der Waals surface area contributed by atoms with Gasteiger partial charge in [0.25, 0.3) is 0 Å². The molecule has 1 aliphatic rings. The van der Waals surface area contributed by atoms with Crippen molar-refractivity contribution < 1.29 is 14.4 Å². The number of rotatable bonds is 17. The molecule has 5 aromatic rings. The molecule has 3 aromatic carbocycles. The van der Waals surface area contributed by atoms with Crippen LogP contribution >= 0.6 is 11.3 Å². The number of amides is 3. The molecule has 52 heavy (non-hydrogen) atoms. The Morgan fingerprint density at radius 3 is 2.40 bits per heavy atom. The number of nitrogens with zero attached hydrogens (tertiary/aromatic N) is 3. The minimum atomic E-state index is -0.762. The van der Waals surface area contributed by atoms with Gasteiger partial charge in [-0.3, -0.25) is 14.4 Å². The first-order chi connectivity index (χ1) is 25.4. The largest absolute Gasteiger partial charge is 0.368 e. The Morgan fingerprint density at radius 1 is 0.942 bits per heavy atom. The molecule has 2 unspecified atom stereocenters. The number of nitrogens with one attached hydrogen (secondary N) is 5. The number of hydrogen-bond acceptors (Lipinski definition) is 8. The third-order valence-electron chi connectivity index (χ3n) is 9.04. The number of H-pyrrole nitrogens is 1. The van der Waals surface area contributed by atoms with Gasteiger partial charge in [-0.25, -0.2) is 4.98 Å². The second kappa shape index (κ2) is 17.2. The lowest BCUT2D eigenvalue weighted by Gasteiger charge is -2.26. The molecule has 3 heterocycles. The van der Waals surface area contributed by atoms with E-state index in [1.807, 2.05) is 48.4 Å². The maximum Gasteiger partial charge on any atom is 0.250 e. The van der Waals surface area contributed by atoms with Crippen molar-refractivity contribution in [3.05, 3.63) is 108 Å². The third kappa shape index (κ3) is 8.52. The molecule has 0 fully saturated rings. The molecule has 3 amide bonds. The molecule has 270 valence electrons. The Kier molecular flexibility index (Phi) is 12.0. The fraction of sp³-hybridized carbons (Fsp3) is 0.300. The number of hydrogen-bond donors (Lipinski definition) is 5. The van der Waals surface area contributed by atoms with Crippen molar-refractivity contribution in [2.75, 3.05) is 33.2 Å². The summed E-state index contributed by atoms with van der Waals surface area (Å²) in [5, 5.41) is 13.8. The van der Waals surface area contributed by atoms with Crippen LogP contribution in [0.1, 0.15) is 49.7 Å².